The molecule has 0 atom stereocenters. The Morgan fingerprint density at radius 1 is 0.500 bits per heavy atom. The van der Waals surface area contributed by atoms with Gasteiger partial charge in [-0.2, -0.15) is 0 Å². The summed E-state index contributed by atoms with van der Waals surface area (Å²) >= 11 is 0. The first-order chi connectivity index (χ1) is 8.92. The van der Waals surface area contributed by atoms with Crippen molar-refractivity contribution in [1.29, 1.82) is 0 Å². The smallest absolute Gasteiger partial charge is 0.0178 e. The molecule has 0 amide bonds. The van der Waals surface area contributed by atoms with Gasteiger partial charge >= 0.3 is 0 Å². The van der Waals surface area contributed by atoms with Crippen LogP contribution in [0, 0.1) is 0 Å². The second kappa shape index (κ2) is 4.89. The summed E-state index contributed by atoms with van der Waals surface area (Å²) in [5, 5.41) is 0. The fraction of sp³-hybridized carbons (Fsp3) is 0. The van der Waals surface area contributed by atoms with Crippen molar-refractivity contribution >= 4 is 12.2 Å². The largest absolute Gasteiger partial charge is 0.0622 e. The molecule has 2 aromatic carbocycles. The van der Waals surface area contributed by atoms with Crippen LogP contribution in [-0.4, -0.2) is 0 Å². The fourth-order valence-electron chi connectivity index (χ4n) is 2.00. The maximum Gasteiger partial charge on any atom is -0.0178 e. The molecule has 0 spiro atoms. The van der Waals surface area contributed by atoms with Gasteiger partial charge in [0, 0.05) is 0 Å². The summed E-state index contributed by atoms with van der Waals surface area (Å²) in [4.78, 5) is 0. The molecule has 2 aromatic rings. The summed E-state index contributed by atoms with van der Waals surface area (Å²) < 4.78 is 0. The first-order valence-corrected chi connectivity index (χ1v) is 6.14. The molecule has 1 aliphatic rings. The minimum absolute atomic E-state index is 1.25. The monoisotopic (exact) mass is 230 g/mol. The van der Waals surface area contributed by atoms with Crippen molar-refractivity contribution in [1.82, 2.24) is 0 Å². The van der Waals surface area contributed by atoms with Crippen molar-refractivity contribution in [2.75, 3.05) is 0 Å². The van der Waals surface area contributed by atoms with Crippen molar-refractivity contribution in [2.24, 2.45) is 0 Å². The van der Waals surface area contributed by atoms with Gasteiger partial charge in [0.15, 0.2) is 0 Å². The molecule has 0 aliphatic heterocycles. The van der Waals surface area contributed by atoms with Gasteiger partial charge in [0.1, 0.15) is 0 Å². The van der Waals surface area contributed by atoms with Gasteiger partial charge in [-0.15, -0.1) is 0 Å². The Bertz CT molecular complexity index is 556. The Balaban J connectivity index is 1.87. The van der Waals surface area contributed by atoms with Crippen LogP contribution in [0.1, 0.15) is 11.1 Å². The molecule has 0 heteroatoms. The van der Waals surface area contributed by atoms with E-state index in [-0.39, 0.29) is 0 Å². The van der Waals surface area contributed by atoms with Crippen molar-refractivity contribution in [3.05, 3.63) is 95.1 Å². The van der Waals surface area contributed by atoms with Crippen molar-refractivity contribution < 1.29 is 0 Å². The van der Waals surface area contributed by atoms with E-state index >= 15 is 0 Å². The molecule has 0 unspecified atom stereocenters. The Labute approximate surface area is 108 Å². The quantitative estimate of drug-likeness (QED) is 0.700. The molecule has 0 aromatic heterocycles. The highest BCUT2D eigenvalue weighted by molar-refractivity contribution is 5.77. The van der Waals surface area contributed by atoms with Gasteiger partial charge < -0.3 is 0 Å². The zero-order chi connectivity index (χ0) is 12.2. The van der Waals surface area contributed by atoms with E-state index in [1.807, 2.05) is 12.1 Å². The third-order valence-electron chi connectivity index (χ3n) is 3.02. The third-order valence-corrected chi connectivity index (χ3v) is 3.02. The number of rotatable bonds is 2. The topological polar surface area (TPSA) is 0 Å². The molecule has 0 bridgehead atoms. The molecule has 0 saturated carbocycles. The molecule has 0 radical (unpaired) electrons. The van der Waals surface area contributed by atoms with Crippen LogP contribution in [0.15, 0.2) is 84.0 Å². The lowest BCUT2D eigenvalue weighted by atomic mass is 9.91. The summed E-state index contributed by atoms with van der Waals surface area (Å²) in [6, 6.07) is 20.8. The van der Waals surface area contributed by atoms with Crippen LogP contribution in [0.3, 0.4) is 0 Å². The van der Waals surface area contributed by atoms with Gasteiger partial charge in [0.2, 0.25) is 0 Å². The second-order valence-electron chi connectivity index (χ2n) is 4.35. The maximum absolute atomic E-state index is 2.22. The molecule has 0 nitrogen and oxygen atoms in total. The lowest BCUT2D eigenvalue weighted by Gasteiger charge is -2.13. The Kier molecular flexibility index (Phi) is 2.93. The Hall–Kier alpha value is -2.34. The Morgan fingerprint density at radius 2 is 0.889 bits per heavy atom. The number of benzene rings is 2. The van der Waals surface area contributed by atoms with E-state index in [9.17, 15) is 0 Å². The van der Waals surface area contributed by atoms with Crippen molar-refractivity contribution in [3.63, 3.8) is 0 Å². The van der Waals surface area contributed by atoms with E-state index in [4.69, 9.17) is 0 Å². The van der Waals surface area contributed by atoms with Crippen LogP contribution in [-0.2, 0) is 0 Å². The van der Waals surface area contributed by atoms with Gasteiger partial charge in [-0.3, -0.25) is 0 Å². The molecule has 0 fully saturated rings. The molecule has 0 N–H and O–H groups in total. The summed E-state index contributed by atoms with van der Waals surface area (Å²) in [6.07, 6.45) is 8.74. The van der Waals surface area contributed by atoms with Gasteiger partial charge in [-0.1, -0.05) is 72.8 Å². The highest BCUT2D eigenvalue weighted by atomic mass is 14.1. The lowest BCUT2D eigenvalue weighted by molar-refractivity contribution is 1.48. The van der Waals surface area contributed by atoms with Crippen molar-refractivity contribution in [2.45, 2.75) is 0 Å². The highest BCUT2D eigenvalue weighted by Crippen LogP contribution is 2.28. The SMILES string of the molecule is C1=CC(=C/c2ccccc2)/C1=C\c1ccccc1. The Morgan fingerprint density at radius 3 is 1.22 bits per heavy atom. The van der Waals surface area contributed by atoms with E-state index in [2.05, 4.69) is 72.8 Å². The molecule has 0 heterocycles. The van der Waals surface area contributed by atoms with E-state index in [1.165, 1.54) is 22.3 Å². The van der Waals surface area contributed by atoms with E-state index in [1.54, 1.807) is 0 Å². The second-order valence-corrected chi connectivity index (χ2v) is 4.35. The van der Waals surface area contributed by atoms with Crippen LogP contribution in [0.25, 0.3) is 12.2 Å². The maximum atomic E-state index is 2.22. The number of hydrogen-bond donors (Lipinski definition) is 0. The van der Waals surface area contributed by atoms with E-state index < -0.39 is 0 Å². The minimum atomic E-state index is 1.25. The minimum Gasteiger partial charge on any atom is -0.0622 e. The molecule has 18 heavy (non-hydrogen) atoms. The van der Waals surface area contributed by atoms with Gasteiger partial charge in [-0.05, 0) is 34.4 Å². The zero-order valence-electron chi connectivity index (χ0n) is 10.1. The van der Waals surface area contributed by atoms with Crippen LogP contribution in [0.2, 0.25) is 0 Å². The van der Waals surface area contributed by atoms with Crippen LogP contribution in [0.4, 0.5) is 0 Å². The van der Waals surface area contributed by atoms with Crippen LogP contribution in [0.5, 0.6) is 0 Å². The molecular formula is C18H14. The fourth-order valence-corrected chi connectivity index (χ4v) is 2.00. The molecule has 1 aliphatic carbocycles. The lowest BCUT2D eigenvalue weighted by Crippen LogP contribution is -1.93. The molecular weight excluding hydrogens is 216 g/mol. The summed E-state index contributed by atoms with van der Waals surface area (Å²) in [7, 11) is 0. The van der Waals surface area contributed by atoms with E-state index in [0.717, 1.165) is 0 Å². The first kappa shape index (κ1) is 10.8. The highest BCUT2D eigenvalue weighted by Gasteiger charge is 2.07. The normalized spacial score (nSPS) is 18.0. The van der Waals surface area contributed by atoms with Gasteiger partial charge in [-0.25, -0.2) is 0 Å². The van der Waals surface area contributed by atoms with Gasteiger partial charge in [0.25, 0.3) is 0 Å². The average molecular weight is 230 g/mol. The average Bonchev–Trinajstić information content (AvgIpc) is 2.43. The predicted octanol–water partition coefficient (Wildman–Crippen LogP) is 4.72. The molecule has 86 valence electrons. The van der Waals surface area contributed by atoms with E-state index in [0.29, 0.717) is 0 Å². The summed E-state index contributed by atoms with van der Waals surface area (Å²) in [5.41, 5.74) is 5.08. The van der Waals surface area contributed by atoms with Gasteiger partial charge in [0.05, 0.1) is 0 Å². The summed E-state index contributed by atoms with van der Waals surface area (Å²) in [6.45, 7) is 0. The standard InChI is InChI=1S/C18H14/c1-3-7-15(8-4-1)13-17-11-12-18(17)14-16-9-5-2-6-10-16/h1-14H/b17-13-,18-14-. The number of allylic oxidation sites excluding steroid dienone is 4. The first-order valence-electron chi connectivity index (χ1n) is 6.14. The molecule has 3 rings (SSSR count). The zero-order valence-corrected chi connectivity index (χ0v) is 10.1. The summed E-state index contributed by atoms with van der Waals surface area (Å²) in [5.74, 6) is 0. The van der Waals surface area contributed by atoms with Crippen LogP contribution < -0.4 is 0 Å². The molecule has 0 saturated heterocycles. The third kappa shape index (κ3) is 2.33. The van der Waals surface area contributed by atoms with Crippen LogP contribution >= 0.6 is 0 Å². The predicted molar refractivity (Wildman–Crippen MR) is 78.0 cm³/mol. The van der Waals surface area contributed by atoms with Crippen molar-refractivity contribution in [3.8, 4) is 0 Å². The number of hydrogen-bond acceptors (Lipinski definition) is 0.